The summed E-state index contributed by atoms with van der Waals surface area (Å²) in [6.07, 6.45) is 10.5. The molecular formula is C33H38FN9O5. The summed E-state index contributed by atoms with van der Waals surface area (Å²) in [6.45, 7) is 7.45. The van der Waals surface area contributed by atoms with E-state index in [1.807, 2.05) is 49.7 Å². The van der Waals surface area contributed by atoms with E-state index in [0.29, 0.717) is 37.7 Å². The lowest BCUT2D eigenvalue weighted by Gasteiger charge is -2.33. The second-order valence-electron chi connectivity index (χ2n) is 13.7. The van der Waals surface area contributed by atoms with Crippen LogP contribution in [-0.2, 0) is 22.6 Å². The summed E-state index contributed by atoms with van der Waals surface area (Å²) in [5, 5.41) is 24.5. The Balaban J connectivity index is 1.13. The van der Waals surface area contributed by atoms with Crippen LogP contribution in [0.2, 0.25) is 0 Å². The number of amides is 1. The van der Waals surface area contributed by atoms with Crippen LogP contribution in [0.1, 0.15) is 76.8 Å². The van der Waals surface area contributed by atoms with E-state index in [0.717, 1.165) is 36.9 Å². The Bertz CT molecular complexity index is 1980. The fraction of sp³-hybridized carbons (Fsp3) is 0.485. The van der Waals surface area contributed by atoms with Crippen molar-refractivity contribution in [3.05, 3.63) is 70.2 Å². The normalized spacial score (nSPS) is 17.1. The molecule has 1 atom stereocenters. The molecule has 2 fully saturated rings. The first-order chi connectivity index (χ1) is 23.0. The summed E-state index contributed by atoms with van der Waals surface area (Å²) in [6, 6.07) is 6.48. The molecule has 15 heteroatoms. The highest BCUT2D eigenvalue weighted by Crippen LogP contribution is 2.36. The third kappa shape index (κ3) is 6.59. The molecule has 0 N–H and O–H groups in total. The molecule has 1 unspecified atom stereocenters. The first-order valence-corrected chi connectivity index (χ1v) is 16.3. The third-order valence-corrected chi connectivity index (χ3v) is 8.82. The predicted molar refractivity (Wildman–Crippen MR) is 172 cm³/mol. The number of rotatable bonds is 9. The standard InChI is InChI=1S/C33H38FN9O5/c1-33(2,3)48-32(44)40(15-21-7-6-8-21)17-22-10-11-28-35-23(18-39(28)16-22)19-41-20-26(36-38-41)25-13-24(43(45)46)14-27-30(25)31(34)37-42(27)29-9-4-5-12-47-29/h10-11,13-14,16,18,20-21,29H,4-9,12,15,17,19H2,1-3H3. The molecule has 2 aliphatic rings. The van der Waals surface area contributed by atoms with Crippen molar-refractivity contribution in [3.63, 3.8) is 0 Å². The minimum absolute atomic E-state index is 0.125. The summed E-state index contributed by atoms with van der Waals surface area (Å²) in [5.41, 5.74) is 2.32. The number of aromatic nitrogens is 7. The van der Waals surface area contributed by atoms with Crippen LogP contribution in [-0.4, -0.2) is 68.8 Å². The van der Waals surface area contributed by atoms with Gasteiger partial charge in [0.1, 0.15) is 16.9 Å². The number of carbonyl (C=O) groups excluding carboxylic acids is 1. The molecule has 1 saturated heterocycles. The van der Waals surface area contributed by atoms with Gasteiger partial charge in [0.05, 0.1) is 40.8 Å². The van der Waals surface area contributed by atoms with Gasteiger partial charge >= 0.3 is 6.09 Å². The van der Waals surface area contributed by atoms with Gasteiger partial charge in [0, 0.05) is 43.2 Å². The monoisotopic (exact) mass is 659 g/mol. The Kier molecular flexibility index (Phi) is 8.31. The van der Waals surface area contributed by atoms with Crippen LogP contribution in [0.3, 0.4) is 0 Å². The van der Waals surface area contributed by atoms with Crippen LogP contribution in [0.4, 0.5) is 14.9 Å². The van der Waals surface area contributed by atoms with Crippen molar-refractivity contribution in [1.29, 1.82) is 0 Å². The first kappa shape index (κ1) is 31.7. The molecule has 1 saturated carbocycles. The van der Waals surface area contributed by atoms with Gasteiger partial charge in [-0.2, -0.15) is 4.39 Å². The molecule has 7 rings (SSSR count). The van der Waals surface area contributed by atoms with Crippen LogP contribution in [0.25, 0.3) is 27.8 Å². The molecule has 252 valence electrons. The van der Waals surface area contributed by atoms with Gasteiger partial charge in [0.15, 0.2) is 6.23 Å². The first-order valence-electron chi connectivity index (χ1n) is 16.3. The molecule has 1 aromatic carbocycles. The number of imidazole rings is 1. The highest BCUT2D eigenvalue weighted by atomic mass is 19.1. The van der Waals surface area contributed by atoms with Gasteiger partial charge in [-0.25, -0.2) is 19.1 Å². The molecule has 48 heavy (non-hydrogen) atoms. The zero-order valence-corrected chi connectivity index (χ0v) is 27.2. The van der Waals surface area contributed by atoms with Crippen molar-refractivity contribution in [2.45, 2.75) is 84.2 Å². The molecule has 14 nitrogen and oxygen atoms in total. The number of ether oxygens (including phenoxy) is 2. The lowest BCUT2D eigenvalue weighted by Crippen LogP contribution is -2.40. The van der Waals surface area contributed by atoms with E-state index in [4.69, 9.17) is 14.5 Å². The minimum atomic E-state index is -0.757. The van der Waals surface area contributed by atoms with E-state index in [1.165, 1.54) is 23.2 Å². The number of nitro benzene ring substituents is 1. The summed E-state index contributed by atoms with van der Waals surface area (Å²) in [5.74, 6) is -0.266. The largest absolute Gasteiger partial charge is 0.444 e. The maximum atomic E-state index is 15.4. The van der Waals surface area contributed by atoms with Gasteiger partial charge in [-0.3, -0.25) is 10.1 Å². The Hall–Kier alpha value is -4.92. The molecule has 0 spiro atoms. The lowest BCUT2D eigenvalue weighted by atomic mass is 9.85. The molecule has 5 aromatic rings. The lowest BCUT2D eigenvalue weighted by molar-refractivity contribution is -0.384. The predicted octanol–water partition coefficient (Wildman–Crippen LogP) is 6.27. The van der Waals surface area contributed by atoms with Crippen molar-refractivity contribution in [1.82, 2.24) is 39.1 Å². The number of fused-ring (bicyclic) bond motifs is 2. The maximum absolute atomic E-state index is 15.4. The number of benzene rings is 1. The number of nitrogens with zero attached hydrogens (tertiary/aromatic N) is 9. The molecule has 0 radical (unpaired) electrons. The van der Waals surface area contributed by atoms with E-state index in [1.54, 1.807) is 15.8 Å². The van der Waals surface area contributed by atoms with Crippen LogP contribution in [0.5, 0.6) is 0 Å². The molecule has 4 aromatic heterocycles. The van der Waals surface area contributed by atoms with Gasteiger partial charge in [-0.15, -0.1) is 10.2 Å². The summed E-state index contributed by atoms with van der Waals surface area (Å²) in [4.78, 5) is 30.9. The smallest absolute Gasteiger partial charge is 0.410 e. The van der Waals surface area contributed by atoms with Crippen molar-refractivity contribution in [2.75, 3.05) is 13.2 Å². The van der Waals surface area contributed by atoms with Gasteiger partial charge in [0.25, 0.3) is 5.69 Å². The van der Waals surface area contributed by atoms with Gasteiger partial charge < -0.3 is 18.8 Å². The van der Waals surface area contributed by atoms with E-state index >= 15 is 4.39 Å². The molecular weight excluding hydrogens is 621 g/mol. The van der Waals surface area contributed by atoms with Gasteiger partial charge in [-0.05, 0) is 70.4 Å². The van der Waals surface area contributed by atoms with E-state index in [2.05, 4.69) is 15.4 Å². The van der Waals surface area contributed by atoms with Crippen molar-refractivity contribution in [2.24, 2.45) is 5.92 Å². The summed E-state index contributed by atoms with van der Waals surface area (Å²) >= 11 is 0. The summed E-state index contributed by atoms with van der Waals surface area (Å²) in [7, 11) is 0. The van der Waals surface area contributed by atoms with Crippen molar-refractivity contribution >= 4 is 28.3 Å². The maximum Gasteiger partial charge on any atom is 0.410 e. The molecule has 5 heterocycles. The highest BCUT2D eigenvalue weighted by Gasteiger charge is 2.29. The number of hydrogen-bond acceptors (Lipinski definition) is 9. The van der Waals surface area contributed by atoms with Crippen LogP contribution >= 0.6 is 0 Å². The van der Waals surface area contributed by atoms with Crippen LogP contribution in [0, 0.1) is 22.0 Å². The Labute approximate surface area is 275 Å². The average Bonchev–Trinajstić information content (AvgIpc) is 3.74. The number of halogens is 1. The molecule has 1 aliphatic heterocycles. The zero-order chi connectivity index (χ0) is 33.6. The van der Waals surface area contributed by atoms with E-state index in [-0.39, 0.29) is 40.5 Å². The van der Waals surface area contributed by atoms with Crippen molar-refractivity contribution in [3.8, 4) is 11.3 Å². The third-order valence-electron chi connectivity index (χ3n) is 8.82. The summed E-state index contributed by atoms with van der Waals surface area (Å²) < 4.78 is 31.7. The average molecular weight is 660 g/mol. The SMILES string of the molecule is CC(C)(C)OC(=O)N(Cc1ccc2nc(Cn3cc(-c4cc([N+](=O)[O-])cc5c4c(F)nn5C4CCCCO4)nn3)cn2c1)CC1CCC1. The topological polar surface area (TPSA) is 148 Å². The number of non-ortho nitro benzene ring substituents is 1. The minimum Gasteiger partial charge on any atom is -0.444 e. The fourth-order valence-corrected chi connectivity index (χ4v) is 6.31. The van der Waals surface area contributed by atoms with Crippen LogP contribution < -0.4 is 0 Å². The molecule has 1 amide bonds. The fourth-order valence-electron chi connectivity index (χ4n) is 6.31. The van der Waals surface area contributed by atoms with Crippen LogP contribution in [0.15, 0.2) is 42.9 Å². The second kappa shape index (κ2) is 12.6. The Morgan fingerprint density at radius 2 is 1.98 bits per heavy atom. The van der Waals surface area contributed by atoms with Gasteiger partial charge in [0.2, 0.25) is 5.95 Å². The number of carbonyl (C=O) groups is 1. The zero-order valence-electron chi connectivity index (χ0n) is 27.2. The quantitative estimate of drug-likeness (QED) is 0.132. The Morgan fingerprint density at radius 1 is 1.15 bits per heavy atom. The number of hydrogen-bond donors (Lipinski definition) is 0. The molecule has 1 aliphatic carbocycles. The number of nitro groups is 1. The molecule has 0 bridgehead atoms. The highest BCUT2D eigenvalue weighted by molar-refractivity contribution is 5.96. The number of pyridine rings is 1. The van der Waals surface area contributed by atoms with Gasteiger partial charge in [-0.1, -0.05) is 17.7 Å². The second-order valence-corrected chi connectivity index (χ2v) is 13.7. The van der Waals surface area contributed by atoms with E-state index in [9.17, 15) is 14.9 Å². The van der Waals surface area contributed by atoms with E-state index < -0.39 is 22.7 Å². The Morgan fingerprint density at radius 3 is 2.69 bits per heavy atom. The van der Waals surface area contributed by atoms with Crippen molar-refractivity contribution < 1.29 is 23.6 Å².